The molecule has 0 heterocycles. The van der Waals surface area contributed by atoms with Crippen LogP contribution in [0.2, 0.25) is 0 Å². The average molecular weight is 211 g/mol. The highest BCUT2D eigenvalue weighted by Gasteiger charge is 2.19. The summed E-state index contributed by atoms with van der Waals surface area (Å²) in [4.78, 5) is 0. The zero-order valence-electron chi connectivity index (χ0n) is 10.9. The van der Waals surface area contributed by atoms with Crippen molar-refractivity contribution in [3.8, 4) is 0 Å². The first-order valence-electron chi connectivity index (χ1n) is 6.99. The van der Waals surface area contributed by atoms with Crippen molar-refractivity contribution in [1.29, 1.82) is 0 Å². The molecule has 1 unspecified atom stereocenters. The molecule has 1 aliphatic carbocycles. The van der Waals surface area contributed by atoms with Gasteiger partial charge in [-0.3, -0.25) is 0 Å². The normalized spacial score (nSPS) is 29.0. The fraction of sp³-hybridized carbons (Fsp3) is 1.00. The maximum absolute atomic E-state index is 3.69. The fourth-order valence-electron chi connectivity index (χ4n) is 2.75. The van der Waals surface area contributed by atoms with E-state index in [0.29, 0.717) is 0 Å². The van der Waals surface area contributed by atoms with Crippen molar-refractivity contribution in [2.45, 2.75) is 71.8 Å². The standard InChI is InChI=1S/C14H29N/c1-4-6-12(3)15-11-14-9-7-13(5-2)8-10-14/h12-15H,4-11H2,1-3H3. The molecule has 0 aromatic carbocycles. The van der Waals surface area contributed by atoms with E-state index in [4.69, 9.17) is 0 Å². The molecule has 90 valence electrons. The lowest BCUT2D eigenvalue weighted by Gasteiger charge is -2.28. The molecule has 15 heavy (non-hydrogen) atoms. The third kappa shape index (κ3) is 5.01. The topological polar surface area (TPSA) is 12.0 Å². The van der Waals surface area contributed by atoms with Crippen LogP contribution in [0.3, 0.4) is 0 Å². The van der Waals surface area contributed by atoms with Crippen LogP contribution in [0.1, 0.15) is 65.7 Å². The second-order valence-corrected chi connectivity index (χ2v) is 5.39. The first-order chi connectivity index (χ1) is 7.26. The maximum atomic E-state index is 3.69. The van der Waals surface area contributed by atoms with Crippen LogP contribution in [-0.4, -0.2) is 12.6 Å². The van der Waals surface area contributed by atoms with E-state index in [1.54, 1.807) is 0 Å². The molecule has 1 nitrogen and oxygen atoms in total. The summed E-state index contributed by atoms with van der Waals surface area (Å²) in [5, 5.41) is 3.69. The van der Waals surface area contributed by atoms with Crippen LogP contribution in [0.25, 0.3) is 0 Å². The Kier molecular flexibility index (Phi) is 6.31. The van der Waals surface area contributed by atoms with Gasteiger partial charge in [0.15, 0.2) is 0 Å². The molecule has 0 aliphatic heterocycles. The van der Waals surface area contributed by atoms with Crippen molar-refractivity contribution >= 4 is 0 Å². The zero-order valence-corrected chi connectivity index (χ0v) is 10.9. The summed E-state index contributed by atoms with van der Waals surface area (Å²) in [5.74, 6) is 2.00. The molecule has 1 fully saturated rings. The van der Waals surface area contributed by atoms with Gasteiger partial charge < -0.3 is 5.32 Å². The van der Waals surface area contributed by atoms with Crippen molar-refractivity contribution in [2.24, 2.45) is 11.8 Å². The largest absolute Gasteiger partial charge is 0.314 e. The van der Waals surface area contributed by atoms with Gasteiger partial charge in [0.1, 0.15) is 0 Å². The van der Waals surface area contributed by atoms with Crippen LogP contribution in [0, 0.1) is 11.8 Å². The number of nitrogens with one attached hydrogen (secondary N) is 1. The summed E-state index contributed by atoms with van der Waals surface area (Å²) >= 11 is 0. The van der Waals surface area contributed by atoms with Crippen molar-refractivity contribution in [2.75, 3.05) is 6.54 Å². The van der Waals surface area contributed by atoms with E-state index < -0.39 is 0 Å². The Hall–Kier alpha value is -0.0400. The lowest BCUT2D eigenvalue weighted by atomic mass is 9.81. The quantitative estimate of drug-likeness (QED) is 0.700. The molecule has 0 aromatic rings. The number of hydrogen-bond acceptors (Lipinski definition) is 1. The van der Waals surface area contributed by atoms with E-state index in [9.17, 15) is 0 Å². The van der Waals surface area contributed by atoms with Crippen molar-refractivity contribution in [3.05, 3.63) is 0 Å². The van der Waals surface area contributed by atoms with Gasteiger partial charge in [0.05, 0.1) is 0 Å². The molecule has 0 aromatic heterocycles. The van der Waals surface area contributed by atoms with E-state index in [1.807, 2.05) is 0 Å². The third-order valence-electron chi connectivity index (χ3n) is 4.02. The molecule has 1 atom stereocenters. The molecule has 1 rings (SSSR count). The molecular formula is C14H29N. The second kappa shape index (κ2) is 7.27. The second-order valence-electron chi connectivity index (χ2n) is 5.39. The Balaban J connectivity index is 2.08. The molecule has 1 heteroatoms. The summed E-state index contributed by atoms with van der Waals surface area (Å²) < 4.78 is 0. The summed E-state index contributed by atoms with van der Waals surface area (Å²) in [6, 6.07) is 0.721. The molecule has 1 N–H and O–H groups in total. The molecule has 0 spiro atoms. The first kappa shape index (κ1) is 13.0. The average Bonchev–Trinajstić information content (AvgIpc) is 2.27. The molecule has 0 amide bonds. The van der Waals surface area contributed by atoms with E-state index in [1.165, 1.54) is 51.5 Å². The SMILES string of the molecule is CCCC(C)NCC1CCC(CC)CC1. The molecule has 1 saturated carbocycles. The van der Waals surface area contributed by atoms with Gasteiger partial charge in [-0.25, -0.2) is 0 Å². The van der Waals surface area contributed by atoms with Gasteiger partial charge in [-0.15, -0.1) is 0 Å². The minimum absolute atomic E-state index is 0.721. The van der Waals surface area contributed by atoms with Crippen molar-refractivity contribution in [1.82, 2.24) is 5.32 Å². The van der Waals surface area contributed by atoms with Gasteiger partial charge >= 0.3 is 0 Å². The van der Waals surface area contributed by atoms with E-state index >= 15 is 0 Å². The lowest BCUT2D eigenvalue weighted by molar-refractivity contribution is 0.256. The Morgan fingerprint density at radius 3 is 2.20 bits per heavy atom. The van der Waals surface area contributed by atoms with Crippen molar-refractivity contribution < 1.29 is 0 Å². The fourth-order valence-corrected chi connectivity index (χ4v) is 2.75. The number of rotatable bonds is 6. The zero-order chi connectivity index (χ0) is 11.1. The Morgan fingerprint density at radius 2 is 1.67 bits per heavy atom. The Bertz CT molecular complexity index is 147. The minimum atomic E-state index is 0.721. The monoisotopic (exact) mass is 211 g/mol. The van der Waals surface area contributed by atoms with Gasteiger partial charge in [-0.1, -0.05) is 39.5 Å². The molecule has 1 aliphatic rings. The third-order valence-corrected chi connectivity index (χ3v) is 4.02. The summed E-state index contributed by atoms with van der Waals surface area (Å²) in [6.45, 7) is 8.19. The predicted octanol–water partition coefficient (Wildman–Crippen LogP) is 3.98. The molecule has 0 saturated heterocycles. The van der Waals surface area contributed by atoms with Gasteiger partial charge in [0.2, 0.25) is 0 Å². The number of hydrogen-bond donors (Lipinski definition) is 1. The van der Waals surface area contributed by atoms with Crippen LogP contribution in [-0.2, 0) is 0 Å². The molecular weight excluding hydrogens is 182 g/mol. The van der Waals surface area contributed by atoms with Crippen LogP contribution in [0.15, 0.2) is 0 Å². The molecule has 0 bridgehead atoms. The van der Waals surface area contributed by atoms with Crippen LogP contribution in [0.5, 0.6) is 0 Å². The smallest absolute Gasteiger partial charge is 0.00387 e. The lowest BCUT2D eigenvalue weighted by Crippen LogP contribution is -2.32. The Labute approximate surface area is 96.0 Å². The van der Waals surface area contributed by atoms with Gasteiger partial charge in [0, 0.05) is 6.04 Å². The van der Waals surface area contributed by atoms with Crippen LogP contribution < -0.4 is 5.32 Å². The Morgan fingerprint density at radius 1 is 1.07 bits per heavy atom. The van der Waals surface area contributed by atoms with Crippen LogP contribution >= 0.6 is 0 Å². The minimum Gasteiger partial charge on any atom is -0.314 e. The van der Waals surface area contributed by atoms with E-state index in [2.05, 4.69) is 26.1 Å². The van der Waals surface area contributed by atoms with Gasteiger partial charge in [-0.05, 0) is 44.6 Å². The predicted molar refractivity (Wildman–Crippen MR) is 68.1 cm³/mol. The highest BCUT2D eigenvalue weighted by Crippen LogP contribution is 2.30. The van der Waals surface area contributed by atoms with E-state index in [-0.39, 0.29) is 0 Å². The highest BCUT2D eigenvalue weighted by atomic mass is 14.9. The van der Waals surface area contributed by atoms with Gasteiger partial charge in [0.25, 0.3) is 0 Å². The van der Waals surface area contributed by atoms with Crippen LogP contribution in [0.4, 0.5) is 0 Å². The first-order valence-corrected chi connectivity index (χ1v) is 6.99. The summed E-state index contributed by atoms with van der Waals surface area (Å²) in [6.07, 6.45) is 9.90. The summed E-state index contributed by atoms with van der Waals surface area (Å²) in [5.41, 5.74) is 0. The maximum Gasteiger partial charge on any atom is 0.00387 e. The summed E-state index contributed by atoms with van der Waals surface area (Å²) in [7, 11) is 0. The van der Waals surface area contributed by atoms with Gasteiger partial charge in [-0.2, -0.15) is 0 Å². The van der Waals surface area contributed by atoms with E-state index in [0.717, 1.165) is 17.9 Å². The highest BCUT2D eigenvalue weighted by molar-refractivity contribution is 4.74. The molecule has 0 radical (unpaired) electrons. The van der Waals surface area contributed by atoms with Crippen molar-refractivity contribution in [3.63, 3.8) is 0 Å².